The molecule has 1 aliphatic heterocycles. The van der Waals surface area contributed by atoms with Gasteiger partial charge in [-0.2, -0.15) is 0 Å². The van der Waals surface area contributed by atoms with E-state index in [0.29, 0.717) is 32.4 Å². The molecule has 1 fully saturated rings. The Kier molecular flexibility index (Phi) is 4.50. The highest BCUT2D eigenvalue weighted by molar-refractivity contribution is 5.38. The van der Waals surface area contributed by atoms with Gasteiger partial charge in [0.25, 0.3) is 6.47 Å². The zero-order valence-electron chi connectivity index (χ0n) is 10.8. The molecule has 1 atom stereocenters. The van der Waals surface area contributed by atoms with E-state index in [0.717, 1.165) is 5.56 Å². The number of hydrogen-bond donors (Lipinski definition) is 1. The number of likely N-dealkylation sites (tertiary alicyclic amines) is 1. The highest BCUT2D eigenvalue weighted by Crippen LogP contribution is 2.31. The standard InChI is InChI=1S/C14H19FN2O2/c15-14(10-16)6-8-17(9-7-14)13(19-11-18)12-4-2-1-3-5-12/h1-5,11,13H,6-10,16H2. The summed E-state index contributed by atoms with van der Waals surface area (Å²) in [6.45, 7) is 1.55. The first kappa shape index (κ1) is 14.0. The summed E-state index contributed by atoms with van der Waals surface area (Å²) in [5, 5.41) is 0. The van der Waals surface area contributed by atoms with Crippen LogP contribution in [0.2, 0.25) is 0 Å². The van der Waals surface area contributed by atoms with E-state index in [-0.39, 0.29) is 6.54 Å². The SMILES string of the molecule is NCC1(F)CCN(C(OC=O)c2ccccc2)CC1. The summed E-state index contributed by atoms with van der Waals surface area (Å²) < 4.78 is 19.2. The van der Waals surface area contributed by atoms with Crippen molar-refractivity contribution >= 4 is 6.47 Å². The molecule has 0 bridgehead atoms. The second kappa shape index (κ2) is 6.12. The van der Waals surface area contributed by atoms with Gasteiger partial charge in [-0.15, -0.1) is 0 Å². The number of carbonyl (C=O) groups excluding carboxylic acids is 1. The van der Waals surface area contributed by atoms with Crippen LogP contribution < -0.4 is 5.73 Å². The van der Waals surface area contributed by atoms with Crippen molar-refractivity contribution in [3.63, 3.8) is 0 Å². The van der Waals surface area contributed by atoms with Crippen molar-refractivity contribution in [1.29, 1.82) is 0 Å². The summed E-state index contributed by atoms with van der Waals surface area (Å²) in [5.74, 6) is 0. The quantitative estimate of drug-likeness (QED) is 0.823. The molecule has 4 nitrogen and oxygen atoms in total. The zero-order chi connectivity index (χ0) is 13.7. The first-order valence-corrected chi connectivity index (χ1v) is 6.46. The van der Waals surface area contributed by atoms with Crippen LogP contribution in [-0.2, 0) is 9.53 Å². The number of piperidine rings is 1. The summed E-state index contributed by atoms with van der Waals surface area (Å²) in [4.78, 5) is 12.6. The summed E-state index contributed by atoms with van der Waals surface area (Å²) in [5.41, 5.74) is 5.07. The molecule has 0 radical (unpaired) electrons. The van der Waals surface area contributed by atoms with Gasteiger partial charge >= 0.3 is 0 Å². The number of rotatable bonds is 5. The van der Waals surface area contributed by atoms with Crippen molar-refractivity contribution in [2.24, 2.45) is 5.73 Å². The average molecular weight is 266 g/mol. The summed E-state index contributed by atoms with van der Waals surface area (Å²) in [6.07, 6.45) is 0.297. The van der Waals surface area contributed by atoms with Crippen molar-refractivity contribution < 1.29 is 13.9 Å². The molecule has 1 aliphatic rings. The molecule has 1 aromatic carbocycles. The molecule has 0 spiro atoms. The van der Waals surface area contributed by atoms with Gasteiger partial charge < -0.3 is 10.5 Å². The van der Waals surface area contributed by atoms with E-state index < -0.39 is 11.9 Å². The van der Waals surface area contributed by atoms with Crippen molar-refractivity contribution in [3.05, 3.63) is 35.9 Å². The lowest BCUT2D eigenvalue weighted by atomic mass is 9.93. The van der Waals surface area contributed by atoms with Crippen LogP contribution in [0.25, 0.3) is 0 Å². The molecular formula is C14H19FN2O2. The molecule has 1 saturated heterocycles. The van der Waals surface area contributed by atoms with Crippen LogP contribution in [0.5, 0.6) is 0 Å². The highest BCUT2D eigenvalue weighted by Gasteiger charge is 2.36. The molecule has 2 rings (SSSR count). The molecule has 1 aromatic rings. The van der Waals surface area contributed by atoms with Crippen LogP contribution in [0.1, 0.15) is 24.6 Å². The fourth-order valence-electron chi connectivity index (χ4n) is 2.41. The van der Waals surface area contributed by atoms with Gasteiger partial charge in [-0.05, 0) is 12.8 Å². The van der Waals surface area contributed by atoms with Gasteiger partial charge in [0.1, 0.15) is 5.67 Å². The van der Waals surface area contributed by atoms with Crippen LogP contribution in [0, 0.1) is 0 Å². The minimum Gasteiger partial charge on any atom is -0.444 e. The topological polar surface area (TPSA) is 55.6 Å². The van der Waals surface area contributed by atoms with Crippen LogP contribution in [0.15, 0.2) is 30.3 Å². The Hall–Kier alpha value is -1.46. The Morgan fingerprint density at radius 2 is 2.00 bits per heavy atom. The van der Waals surface area contributed by atoms with Gasteiger partial charge in [0.2, 0.25) is 0 Å². The lowest BCUT2D eigenvalue weighted by molar-refractivity contribution is -0.147. The summed E-state index contributed by atoms with van der Waals surface area (Å²) in [6, 6.07) is 9.47. The van der Waals surface area contributed by atoms with Crippen molar-refractivity contribution in [1.82, 2.24) is 4.90 Å². The molecule has 5 heteroatoms. The second-order valence-corrected chi connectivity index (χ2v) is 4.89. The Morgan fingerprint density at radius 3 is 2.53 bits per heavy atom. The maximum absolute atomic E-state index is 14.1. The molecule has 2 N–H and O–H groups in total. The van der Waals surface area contributed by atoms with E-state index in [9.17, 15) is 9.18 Å². The first-order chi connectivity index (χ1) is 9.18. The molecule has 0 saturated carbocycles. The number of nitrogens with zero attached hydrogens (tertiary/aromatic N) is 1. The lowest BCUT2D eigenvalue weighted by Gasteiger charge is -2.39. The van der Waals surface area contributed by atoms with Crippen LogP contribution in [-0.4, -0.2) is 36.7 Å². The van der Waals surface area contributed by atoms with Gasteiger partial charge in [0.05, 0.1) is 0 Å². The van der Waals surface area contributed by atoms with Crippen molar-refractivity contribution in [2.75, 3.05) is 19.6 Å². The predicted molar refractivity (Wildman–Crippen MR) is 70.0 cm³/mol. The summed E-state index contributed by atoms with van der Waals surface area (Å²) in [7, 11) is 0. The third kappa shape index (κ3) is 3.30. The molecule has 104 valence electrons. The largest absolute Gasteiger partial charge is 0.444 e. The monoisotopic (exact) mass is 266 g/mol. The Morgan fingerprint density at radius 1 is 1.37 bits per heavy atom. The molecular weight excluding hydrogens is 247 g/mol. The normalized spacial score (nSPS) is 20.7. The van der Waals surface area contributed by atoms with Crippen molar-refractivity contribution in [2.45, 2.75) is 24.7 Å². The van der Waals surface area contributed by atoms with E-state index in [1.54, 1.807) is 0 Å². The average Bonchev–Trinajstić information content (AvgIpc) is 2.47. The number of nitrogens with two attached hydrogens (primary N) is 1. The number of benzene rings is 1. The van der Waals surface area contributed by atoms with Crippen LogP contribution in [0.3, 0.4) is 0 Å². The molecule has 1 heterocycles. The molecule has 19 heavy (non-hydrogen) atoms. The third-order valence-electron chi connectivity index (χ3n) is 3.66. The first-order valence-electron chi connectivity index (χ1n) is 6.46. The van der Waals surface area contributed by atoms with Crippen LogP contribution >= 0.6 is 0 Å². The number of halogens is 1. The van der Waals surface area contributed by atoms with E-state index in [2.05, 4.69) is 0 Å². The predicted octanol–water partition coefficient (Wildman–Crippen LogP) is 1.62. The van der Waals surface area contributed by atoms with E-state index >= 15 is 0 Å². The van der Waals surface area contributed by atoms with Crippen LogP contribution in [0.4, 0.5) is 4.39 Å². The summed E-state index contributed by atoms with van der Waals surface area (Å²) >= 11 is 0. The van der Waals surface area contributed by atoms with Gasteiger partial charge in [-0.3, -0.25) is 9.69 Å². The maximum atomic E-state index is 14.1. The zero-order valence-corrected chi connectivity index (χ0v) is 10.8. The van der Waals surface area contributed by atoms with E-state index in [1.165, 1.54) is 0 Å². The minimum atomic E-state index is -1.28. The van der Waals surface area contributed by atoms with Crippen molar-refractivity contribution in [3.8, 4) is 0 Å². The smallest absolute Gasteiger partial charge is 0.294 e. The van der Waals surface area contributed by atoms with Gasteiger partial charge in [-0.1, -0.05) is 30.3 Å². The minimum absolute atomic E-state index is 0.0470. The van der Waals surface area contributed by atoms with Gasteiger partial charge in [-0.25, -0.2) is 4.39 Å². The Bertz CT molecular complexity index is 405. The lowest BCUT2D eigenvalue weighted by Crippen LogP contribution is -2.47. The fourth-order valence-corrected chi connectivity index (χ4v) is 2.41. The number of carbonyl (C=O) groups is 1. The number of alkyl halides is 1. The second-order valence-electron chi connectivity index (χ2n) is 4.89. The Balaban J connectivity index is 2.07. The molecule has 1 unspecified atom stereocenters. The molecule has 0 aromatic heterocycles. The van der Waals surface area contributed by atoms with E-state index in [1.807, 2.05) is 35.2 Å². The molecule has 0 aliphatic carbocycles. The number of hydrogen-bond acceptors (Lipinski definition) is 4. The fraction of sp³-hybridized carbons (Fsp3) is 0.500. The van der Waals surface area contributed by atoms with E-state index in [4.69, 9.17) is 10.5 Å². The maximum Gasteiger partial charge on any atom is 0.294 e. The third-order valence-corrected chi connectivity index (χ3v) is 3.66. The highest BCUT2D eigenvalue weighted by atomic mass is 19.1. The number of ether oxygens (including phenoxy) is 1. The van der Waals surface area contributed by atoms with Gasteiger partial charge in [0.15, 0.2) is 6.23 Å². The Labute approximate surface area is 112 Å². The van der Waals surface area contributed by atoms with Gasteiger partial charge in [0, 0.05) is 25.2 Å². The molecule has 0 amide bonds.